The Morgan fingerprint density at radius 2 is 1.69 bits per heavy atom. The van der Waals surface area contributed by atoms with Gasteiger partial charge in [-0.1, -0.05) is 41.4 Å². The van der Waals surface area contributed by atoms with Crippen LogP contribution in [0.25, 0.3) is 0 Å². The Kier molecular flexibility index (Phi) is 5.26. The fraction of sp³-hybridized carbons (Fsp3) is 0.300. The van der Waals surface area contributed by atoms with E-state index in [-0.39, 0.29) is 11.8 Å². The zero-order chi connectivity index (χ0) is 18.9. The van der Waals surface area contributed by atoms with E-state index in [1.165, 1.54) is 0 Å². The first-order valence-electron chi connectivity index (χ1n) is 8.43. The lowest BCUT2D eigenvalue weighted by Gasteiger charge is -2.17. The van der Waals surface area contributed by atoms with E-state index >= 15 is 0 Å². The number of nitrogens with one attached hydrogen (secondary N) is 2. The molecule has 0 unspecified atom stereocenters. The van der Waals surface area contributed by atoms with E-state index in [0.717, 1.165) is 16.7 Å². The zero-order valence-corrected chi connectivity index (χ0v) is 16.2. The standard InChI is InChI=1S/C20H20Cl2N2O2/c1-12-9-13(2)17(16(22)10-12)24-19(26)20(7-8-20)18(25)23-11-14-3-5-15(21)6-4-14/h3-6,9-10H,7-8,11H2,1-2H3,(H,23,25)(H,24,26). The van der Waals surface area contributed by atoms with Crippen LogP contribution in [0.2, 0.25) is 10.0 Å². The van der Waals surface area contributed by atoms with Gasteiger partial charge in [-0.2, -0.15) is 0 Å². The van der Waals surface area contributed by atoms with Crippen LogP contribution in [0.1, 0.15) is 29.5 Å². The molecule has 2 aromatic rings. The Morgan fingerprint density at radius 3 is 2.27 bits per heavy atom. The van der Waals surface area contributed by atoms with Crippen molar-refractivity contribution in [1.29, 1.82) is 0 Å². The van der Waals surface area contributed by atoms with E-state index in [2.05, 4.69) is 10.6 Å². The van der Waals surface area contributed by atoms with Crippen LogP contribution >= 0.6 is 23.2 Å². The van der Waals surface area contributed by atoms with Crippen molar-refractivity contribution in [3.63, 3.8) is 0 Å². The molecule has 1 aliphatic rings. The molecule has 0 bridgehead atoms. The highest BCUT2D eigenvalue weighted by molar-refractivity contribution is 6.34. The molecule has 0 saturated heterocycles. The van der Waals surface area contributed by atoms with Gasteiger partial charge in [0, 0.05) is 11.6 Å². The van der Waals surface area contributed by atoms with E-state index in [4.69, 9.17) is 23.2 Å². The van der Waals surface area contributed by atoms with Crippen LogP contribution in [0.15, 0.2) is 36.4 Å². The molecule has 2 amide bonds. The van der Waals surface area contributed by atoms with Gasteiger partial charge in [0.2, 0.25) is 11.8 Å². The number of amides is 2. The number of rotatable bonds is 5. The Hall–Kier alpha value is -2.04. The first-order valence-corrected chi connectivity index (χ1v) is 9.18. The minimum absolute atomic E-state index is 0.258. The summed E-state index contributed by atoms with van der Waals surface area (Å²) in [5.41, 5.74) is 2.39. The van der Waals surface area contributed by atoms with Crippen molar-refractivity contribution in [3.8, 4) is 0 Å². The molecule has 1 aliphatic carbocycles. The summed E-state index contributed by atoms with van der Waals surface area (Å²) in [5.74, 6) is -0.564. The summed E-state index contributed by atoms with van der Waals surface area (Å²) in [4.78, 5) is 25.3. The van der Waals surface area contributed by atoms with Crippen molar-refractivity contribution in [2.24, 2.45) is 5.41 Å². The van der Waals surface area contributed by atoms with Crippen LogP contribution in [0.5, 0.6) is 0 Å². The average molecular weight is 391 g/mol. The maximum absolute atomic E-state index is 12.7. The van der Waals surface area contributed by atoms with Gasteiger partial charge in [-0.15, -0.1) is 0 Å². The van der Waals surface area contributed by atoms with E-state index in [9.17, 15) is 9.59 Å². The smallest absolute Gasteiger partial charge is 0.240 e. The van der Waals surface area contributed by atoms with Gasteiger partial charge in [-0.05, 0) is 61.6 Å². The minimum Gasteiger partial charge on any atom is -0.351 e. The van der Waals surface area contributed by atoms with Crippen molar-refractivity contribution in [2.75, 3.05) is 5.32 Å². The molecule has 0 radical (unpaired) electrons. The summed E-state index contributed by atoms with van der Waals surface area (Å²) in [6.45, 7) is 4.18. The number of halogens is 2. The number of aryl methyl sites for hydroxylation is 2. The quantitative estimate of drug-likeness (QED) is 0.730. The average Bonchev–Trinajstić information content (AvgIpc) is 3.39. The number of carbonyl (C=O) groups is 2. The van der Waals surface area contributed by atoms with Crippen LogP contribution in [-0.2, 0) is 16.1 Å². The lowest BCUT2D eigenvalue weighted by molar-refractivity contribution is -0.134. The number of benzene rings is 2. The fourth-order valence-electron chi connectivity index (χ4n) is 2.94. The van der Waals surface area contributed by atoms with Gasteiger partial charge in [-0.25, -0.2) is 0 Å². The van der Waals surface area contributed by atoms with Gasteiger partial charge < -0.3 is 10.6 Å². The molecule has 0 spiro atoms. The van der Waals surface area contributed by atoms with Crippen LogP contribution in [-0.4, -0.2) is 11.8 Å². The summed E-state index contributed by atoms with van der Waals surface area (Å²) in [6.07, 6.45) is 1.07. The summed E-state index contributed by atoms with van der Waals surface area (Å²) in [5, 5.41) is 6.82. The maximum atomic E-state index is 12.7. The minimum atomic E-state index is -1.01. The summed E-state index contributed by atoms with van der Waals surface area (Å²) in [7, 11) is 0. The third-order valence-electron chi connectivity index (χ3n) is 4.66. The van der Waals surface area contributed by atoms with Gasteiger partial charge in [0.1, 0.15) is 5.41 Å². The molecule has 3 rings (SSSR count). The summed E-state index contributed by atoms with van der Waals surface area (Å²) >= 11 is 12.1. The molecule has 6 heteroatoms. The predicted molar refractivity (Wildman–Crippen MR) is 105 cm³/mol. The fourth-order valence-corrected chi connectivity index (χ4v) is 3.44. The number of carbonyl (C=O) groups excluding carboxylic acids is 2. The SMILES string of the molecule is Cc1cc(C)c(NC(=O)C2(C(=O)NCc3ccc(Cl)cc3)CC2)c(Cl)c1. The molecule has 26 heavy (non-hydrogen) atoms. The number of hydrogen-bond donors (Lipinski definition) is 2. The molecule has 0 heterocycles. The molecule has 0 aliphatic heterocycles. The van der Waals surface area contributed by atoms with Gasteiger partial charge >= 0.3 is 0 Å². The van der Waals surface area contributed by atoms with E-state index in [1.54, 1.807) is 18.2 Å². The Labute approximate surface area is 162 Å². The molecule has 2 N–H and O–H groups in total. The molecule has 136 valence electrons. The van der Waals surface area contributed by atoms with Gasteiger partial charge in [0.25, 0.3) is 0 Å². The van der Waals surface area contributed by atoms with E-state index in [0.29, 0.717) is 35.1 Å². The van der Waals surface area contributed by atoms with Crippen molar-refractivity contribution in [3.05, 3.63) is 63.1 Å². The summed E-state index contributed by atoms with van der Waals surface area (Å²) in [6, 6.07) is 11.0. The Balaban J connectivity index is 1.67. The highest BCUT2D eigenvalue weighted by Gasteiger charge is 2.56. The lowest BCUT2D eigenvalue weighted by Crippen LogP contribution is -2.39. The van der Waals surface area contributed by atoms with Gasteiger partial charge in [0.05, 0.1) is 10.7 Å². The van der Waals surface area contributed by atoms with Crippen molar-refractivity contribution < 1.29 is 9.59 Å². The molecule has 4 nitrogen and oxygen atoms in total. The molecule has 2 aromatic carbocycles. The number of anilines is 1. The third-order valence-corrected chi connectivity index (χ3v) is 5.21. The van der Waals surface area contributed by atoms with Crippen molar-refractivity contribution in [2.45, 2.75) is 33.2 Å². The maximum Gasteiger partial charge on any atom is 0.240 e. The molecule has 0 aromatic heterocycles. The first kappa shape index (κ1) is 18.7. The van der Waals surface area contributed by atoms with Crippen LogP contribution < -0.4 is 10.6 Å². The van der Waals surface area contributed by atoms with Crippen LogP contribution in [0, 0.1) is 19.3 Å². The molecule has 1 saturated carbocycles. The highest BCUT2D eigenvalue weighted by atomic mass is 35.5. The van der Waals surface area contributed by atoms with E-state index in [1.807, 2.05) is 32.0 Å². The van der Waals surface area contributed by atoms with Crippen LogP contribution in [0.4, 0.5) is 5.69 Å². The van der Waals surface area contributed by atoms with E-state index < -0.39 is 5.41 Å². The monoisotopic (exact) mass is 390 g/mol. The lowest BCUT2D eigenvalue weighted by atomic mass is 10.0. The Morgan fingerprint density at radius 1 is 1.04 bits per heavy atom. The van der Waals surface area contributed by atoms with Gasteiger partial charge in [-0.3, -0.25) is 9.59 Å². The second-order valence-corrected chi connectivity index (χ2v) is 7.63. The number of hydrogen-bond acceptors (Lipinski definition) is 2. The highest BCUT2D eigenvalue weighted by Crippen LogP contribution is 2.47. The molecule has 1 fully saturated rings. The third kappa shape index (κ3) is 3.87. The van der Waals surface area contributed by atoms with Crippen LogP contribution in [0.3, 0.4) is 0 Å². The molecular formula is C20H20Cl2N2O2. The predicted octanol–water partition coefficient (Wildman–Crippen LogP) is 4.65. The van der Waals surface area contributed by atoms with Gasteiger partial charge in [0.15, 0.2) is 0 Å². The molecular weight excluding hydrogens is 371 g/mol. The normalized spacial score (nSPS) is 14.6. The molecule has 0 atom stereocenters. The van der Waals surface area contributed by atoms with Crippen molar-refractivity contribution >= 4 is 40.7 Å². The first-order chi connectivity index (χ1) is 12.3. The largest absolute Gasteiger partial charge is 0.351 e. The topological polar surface area (TPSA) is 58.2 Å². The second-order valence-electron chi connectivity index (χ2n) is 6.78. The second kappa shape index (κ2) is 7.29. The zero-order valence-electron chi connectivity index (χ0n) is 14.7. The Bertz CT molecular complexity index is 836. The summed E-state index contributed by atoms with van der Waals surface area (Å²) < 4.78 is 0. The van der Waals surface area contributed by atoms with Crippen molar-refractivity contribution in [1.82, 2.24) is 5.32 Å².